The Hall–Kier alpha value is -0.610. The molecule has 0 aromatic heterocycles. The second-order valence-electron chi connectivity index (χ2n) is 6.96. The Balaban J connectivity index is 1.80. The van der Waals surface area contributed by atoms with E-state index in [2.05, 4.69) is 43.4 Å². The molecule has 2 bridgehead atoms. The van der Waals surface area contributed by atoms with Crippen molar-refractivity contribution in [3.05, 3.63) is 0 Å². The Morgan fingerprint density at radius 3 is 2.42 bits per heavy atom. The van der Waals surface area contributed by atoms with Crippen LogP contribution in [0.2, 0.25) is 0 Å². The number of carbonyl (C=O) groups is 1. The van der Waals surface area contributed by atoms with E-state index in [1.807, 2.05) is 0 Å². The molecular formula is C15H29N3O. The summed E-state index contributed by atoms with van der Waals surface area (Å²) in [5, 5.41) is 6.77. The second kappa shape index (κ2) is 5.80. The average molecular weight is 267 g/mol. The van der Waals surface area contributed by atoms with Crippen LogP contribution in [0.4, 0.5) is 0 Å². The summed E-state index contributed by atoms with van der Waals surface area (Å²) >= 11 is 0. The van der Waals surface area contributed by atoms with Crippen molar-refractivity contribution >= 4 is 5.91 Å². The first-order chi connectivity index (χ1) is 8.89. The fraction of sp³-hybridized carbons (Fsp3) is 0.933. The lowest BCUT2D eigenvalue weighted by atomic mass is 9.98. The average Bonchev–Trinajstić information content (AvgIpc) is 2.67. The summed E-state index contributed by atoms with van der Waals surface area (Å²) < 4.78 is 0. The first-order valence-electron chi connectivity index (χ1n) is 7.67. The van der Waals surface area contributed by atoms with Gasteiger partial charge in [0, 0.05) is 23.7 Å². The van der Waals surface area contributed by atoms with E-state index >= 15 is 0 Å². The molecule has 0 aliphatic carbocycles. The first-order valence-corrected chi connectivity index (χ1v) is 7.67. The van der Waals surface area contributed by atoms with E-state index < -0.39 is 0 Å². The van der Waals surface area contributed by atoms with Crippen LogP contribution in [-0.4, -0.2) is 48.1 Å². The van der Waals surface area contributed by atoms with Gasteiger partial charge in [0.15, 0.2) is 0 Å². The van der Waals surface area contributed by atoms with Crippen LogP contribution in [0.3, 0.4) is 0 Å². The highest BCUT2D eigenvalue weighted by atomic mass is 16.2. The standard InChI is InChI=1S/C15H29N3O/c1-5-15(2,3)17-14(19)10-18(4)13-8-11-6-7-12(9-13)16-11/h11-13,16H,5-10H2,1-4H3,(H,17,19). The molecule has 4 nitrogen and oxygen atoms in total. The highest BCUT2D eigenvalue weighted by Crippen LogP contribution is 2.29. The number of nitrogens with one attached hydrogen (secondary N) is 2. The smallest absolute Gasteiger partial charge is 0.234 e. The number of fused-ring (bicyclic) bond motifs is 2. The van der Waals surface area contributed by atoms with Crippen LogP contribution < -0.4 is 10.6 Å². The molecule has 0 aromatic carbocycles. The van der Waals surface area contributed by atoms with Gasteiger partial charge < -0.3 is 10.6 Å². The van der Waals surface area contributed by atoms with Crippen LogP contribution in [0.15, 0.2) is 0 Å². The topological polar surface area (TPSA) is 44.4 Å². The lowest BCUT2D eigenvalue weighted by Crippen LogP contribution is -2.51. The molecule has 2 aliphatic heterocycles. The summed E-state index contributed by atoms with van der Waals surface area (Å²) in [4.78, 5) is 14.3. The van der Waals surface area contributed by atoms with Crippen LogP contribution in [-0.2, 0) is 4.79 Å². The molecule has 0 spiro atoms. The maximum atomic E-state index is 12.1. The van der Waals surface area contributed by atoms with Gasteiger partial charge >= 0.3 is 0 Å². The Morgan fingerprint density at radius 2 is 1.89 bits per heavy atom. The quantitative estimate of drug-likeness (QED) is 0.793. The molecule has 2 saturated heterocycles. The summed E-state index contributed by atoms with van der Waals surface area (Å²) in [6, 6.07) is 1.93. The minimum absolute atomic E-state index is 0.0922. The van der Waals surface area contributed by atoms with E-state index in [1.54, 1.807) is 0 Å². The van der Waals surface area contributed by atoms with E-state index in [0.717, 1.165) is 6.42 Å². The van der Waals surface area contributed by atoms with E-state index in [9.17, 15) is 4.79 Å². The van der Waals surface area contributed by atoms with Gasteiger partial charge in [-0.2, -0.15) is 0 Å². The summed E-state index contributed by atoms with van der Waals surface area (Å²) in [6.07, 6.45) is 5.96. The Bertz CT molecular complexity index is 317. The zero-order valence-electron chi connectivity index (χ0n) is 12.8. The highest BCUT2D eigenvalue weighted by Gasteiger charge is 2.35. The third kappa shape index (κ3) is 3.93. The van der Waals surface area contributed by atoms with Crippen LogP contribution in [0.25, 0.3) is 0 Å². The molecule has 4 heteroatoms. The van der Waals surface area contributed by atoms with Crippen LogP contribution in [0, 0.1) is 0 Å². The molecule has 0 radical (unpaired) electrons. The first kappa shape index (κ1) is 14.8. The van der Waals surface area contributed by atoms with E-state index in [-0.39, 0.29) is 11.4 Å². The normalized spacial score (nSPS) is 30.7. The Labute approximate surface area is 117 Å². The van der Waals surface area contributed by atoms with Gasteiger partial charge in [0.1, 0.15) is 0 Å². The lowest BCUT2D eigenvalue weighted by Gasteiger charge is -2.36. The summed E-state index contributed by atoms with van der Waals surface area (Å²) in [6.45, 7) is 6.79. The fourth-order valence-corrected chi connectivity index (χ4v) is 3.25. The summed E-state index contributed by atoms with van der Waals surface area (Å²) in [5.74, 6) is 0.153. The van der Waals surface area contributed by atoms with Gasteiger partial charge in [0.05, 0.1) is 6.54 Å². The number of hydrogen-bond donors (Lipinski definition) is 2. The van der Waals surface area contributed by atoms with Crippen molar-refractivity contribution < 1.29 is 4.79 Å². The lowest BCUT2D eigenvalue weighted by molar-refractivity contribution is -0.124. The molecule has 19 heavy (non-hydrogen) atoms. The van der Waals surface area contributed by atoms with Crippen molar-refractivity contribution in [3.63, 3.8) is 0 Å². The van der Waals surface area contributed by atoms with Crippen LogP contribution in [0.5, 0.6) is 0 Å². The molecule has 2 rings (SSSR count). The molecule has 0 aromatic rings. The van der Waals surface area contributed by atoms with Gasteiger partial charge in [0.25, 0.3) is 0 Å². The molecule has 2 N–H and O–H groups in total. The minimum Gasteiger partial charge on any atom is -0.350 e. The maximum absolute atomic E-state index is 12.1. The number of carbonyl (C=O) groups excluding carboxylic acids is 1. The summed E-state index contributed by atoms with van der Waals surface area (Å²) in [5.41, 5.74) is -0.0922. The largest absolute Gasteiger partial charge is 0.350 e. The number of amides is 1. The van der Waals surface area contributed by atoms with E-state index in [0.29, 0.717) is 24.7 Å². The van der Waals surface area contributed by atoms with E-state index in [4.69, 9.17) is 0 Å². The third-order valence-electron chi connectivity index (χ3n) is 4.83. The van der Waals surface area contributed by atoms with Crippen molar-refractivity contribution in [2.24, 2.45) is 0 Å². The van der Waals surface area contributed by atoms with Gasteiger partial charge in [0.2, 0.25) is 5.91 Å². The predicted molar refractivity (Wildman–Crippen MR) is 78.1 cm³/mol. The minimum atomic E-state index is -0.0922. The van der Waals surface area contributed by atoms with Gasteiger partial charge in [-0.15, -0.1) is 0 Å². The van der Waals surface area contributed by atoms with Crippen LogP contribution in [0.1, 0.15) is 52.9 Å². The van der Waals surface area contributed by atoms with Gasteiger partial charge in [-0.1, -0.05) is 6.92 Å². The van der Waals surface area contributed by atoms with Gasteiger partial charge in [-0.05, 0) is 53.0 Å². The molecule has 2 atom stereocenters. The summed E-state index contributed by atoms with van der Waals surface area (Å²) in [7, 11) is 2.09. The van der Waals surface area contributed by atoms with Crippen molar-refractivity contribution in [2.75, 3.05) is 13.6 Å². The second-order valence-corrected chi connectivity index (χ2v) is 6.96. The molecular weight excluding hydrogens is 238 g/mol. The van der Waals surface area contributed by atoms with Crippen molar-refractivity contribution in [1.82, 2.24) is 15.5 Å². The number of likely N-dealkylation sites (N-methyl/N-ethyl adjacent to an activating group) is 1. The van der Waals surface area contributed by atoms with Gasteiger partial charge in [-0.3, -0.25) is 9.69 Å². The Kier molecular flexibility index (Phi) is 4.51. The maximum Gasteiger partial charge on any atom is 0.234 e. The highest BCUT2D eigenvalue weighted by molar-refractivity contribution is 5.78. The molecule has 2 heterocycles. The monoisotopic (exact) mass is 267 g/mol. The molecule has 1 amide bonds. The number of piperidine rings is 1. The molecule has 2 aliphatic rings. The van der Waals surface area contributed by atoms with Crippen molar-refractivity contribution in [3.8, 4) is 0 Å². The van der Waals surface area contributed by atoms with Crippen molar-refractivity contribution in [1.29, 1.82) is 0 Å². The third-order valence-corrected chi connectivity index (χ3v) is 4.83. The zero-order chi connectivity index (χ0) is 14.0. The van der Waals surface area contributed by atoms with Crippen LogP contribution >= 0.6 is 0 Å². The SMILES string of the molecule is CCC(C)(C)NC(=O)CN(C)C1CC2CCC(C1)N2. The number of rotatable bonds is 5. The molecule has 2 fully saturated rings. The predicted octanol–water partition coefficient (Wildman–Crippen LogP) is 1.51. The molecule has 2 unspecified atom stereocenters. The number of nitrogens with zero attached hydrogens (tertiary/aromatic N) is 1. The zero-order valence-corrected chi connectivity index (χ0v) is 12.8. The van der Waals surface area contributed by atoms with Crippen molar-refractivity contribution in [2.45, 2.75) is 76.5 Å². The number of hydrogen-bond acceptors (Lipinski definition) is 3. The Morgan fingerprint density at radius 1 is 1.32 bits per heavy atom. The van der Waals surface area contributed by atoms with Gasteiger partial charge in [-0.25, -0.2) is 0 Å². The fourth-order valence-electron chi connectivity index (χ4n) is 3.25. The van der Waals surface area contributed by atoms with E-state index in [1.165, 1.54) is 25.7 Å². The molecule has 110 valence electrons. The molecule has 0 saturated carbocycles.